The van der Waals surface area contributed by atoms with E-state index in [-0.39, 0.29) is 0 Å². The van der Waals surface area contributed by atoms with Crippen LogP contribution in [-0.4, -0.2) is 0 Å². The second kappa shape index (κ2) is 7.31. The lowest BCUT2D eigenvalue weighted by Crippen LogP contribution is -2.04. The first-order valence-corrected chi connectivity index (χ1v) is 6.45. The van der Waals surface area contributed by atoms with Gasteiger partial charge in [0.15, 0.2) is 0 Å². The highest BCUT2D eigenvalue weighted by Crippen LogP contribution is 2.23. The lowest BCUT2D eigenvalue weighted by molar-refractivity contribution is 0.345. The average molecular weight is 198 g/mol. The van der Waals surface area contributed by atoms with E-state index in [0.717, 1.165) is 5.92 Å². The van der Waals surface area contributed by atoms with E-state index in [4.69, 9.17) is 0 Å². The molecule has 0 heteroatoms. The summed E-state index contributed by atoms with van der Waals surface area (Å²) in [5.74, 6) is 0.954. The molecule has 0 saturated heterocycles. The van der Waals surface area contributed by atoms with Crippen molar-refractivity contribution in [3.63, 3.8) is 0 Å². The molecule has 0 aliphatic carbocycles. The minimum absolute atomic E-state index is 0.534. The van der Waals surface area contributed by atoms with Gasteiger partial charge in [-0.05, 0) is 17.8 Å². The second-order valence-electron chi connectivity index (χ2n) is 6.05. The zero-order valence-corrected chi connectivity index (χ0v) is 11.0. The Morgan fingerprint density at radius 2 is 1.50 bits per heavy atom. The summed E-state index contributed by atoms with van der Waals surface area (Å²) in [5, 5.41) is 0. The highest BCUT2D eigenvalue weighted by Gasteiger charge is 2.09. The van der Waals surface area contributed by atoms with Gasteiger partial charge in [-0.2, -0.15) is 0 Å². The summed E-state index contributed by atoms with van der Waals surface area (Å²) in [6.07, 6.45) is 9.88. The van der Waals surface area contributed by atoms with Gasteiger partial charge in [-0.3, -0.25) is 0 Å². The van der Waals surface area contributed by atoms with Gasteiger partial charge in [0.05, 0.1) is 0 Å². The number of rotatable bonds is 7. The molecule has 0 aromatic carbocycles. The van der Waals surface area contributed by atoms with Crippen molar-refractivity contribution in [2.75, 3.05) is 0 Å². The summed E-state index contributed by atoms with van der Waals surface area (Å²) < 4.78 is 0. The summed E-state index contributed by atoms with van der Waals surface area (Å²) in [7, 11) is 0. The standard InChI is InChI=1S/C14H30/c1-6-7-10-13(2)11-8-9-12-14(3,4)5/h13H,6-12H2,1-5H3. The van der Waals surface area contributed by atoms with Crippen molar-refractivity contribution in [2.24, 2.45) is 11.3 Å². The fourth-order valence-electron chi connectivity index (χ4n) is 1.85. The molecule has 0 spiro atoms. The van der Waals surface area contributed by atoms with Gasteiger partial charge in [0.25, 0.3) is 0 Å². The van der Waals surface area contributed by atoms with E-state index in [2.05, 4.69) is 34.6 Å². The van der Waals surface area contributed by atoms with E-state index >= 15 is 0 Å². The maximum Gasteiger partial charge on any atom is -0.0383 e. The molecule has 0 fully saturated rings. The molecule has 0 N–H and O–H groups in total. The molecule has 0 heterocycles. The van der Waals surface area contributed by atoms with Crippen molar-refractivity contribution < 1.29 is 0 Å². The first-order valence-electron chi connectivity index (χ1n) is 6.45. The highest BCUT2D eigenvalue weighted by molar-refractivity contribution is 4.62. The third-order valence-electron chi connectivity index (χ3n) is 2.92. The van der Waals surface area contributed by atoms with Gasteiger partial charge in [0.1, 0.15) is 0 Å². The van der Waals surface area contributed by atoms with E-state index in [0.29, 0.717) is 5.41 Å². The van der Waals surface area contributed by atoms with Crippen molar-refractivity contribution in [3.8, 4) is 0 Å². The minimum Gasteiger partial charge on any atom is -0.0654 e. The van der Waals surface area contributed by atoms with Gasteiger partial charge in [0.2, 0.25) is 0 Å². The SMILES string of the molecule is CCCCC(C)CCCCC(C)(C)C. The van der Waals surface area contributed by atoms with Crippen LogP contribution in [0, 0.1) is 11.3 Å². The smallest absolute Gasteiger partial charge is 0.0383 e. The Bertz CT molecular complexity index is 118. The third kappa shape index (κ3) is 10.1. The van der Waals surface area contributed by atoms with Gasteiger partial charge in [-0.15, -0.1) is 0 Å². The monoisotopic (exact) mass is 198 g/mol. The van der Waals surface area contributed by atoms with Crippen molar-refractivity contribution in [3.05, 3.63) is 0 Å². The molecule has 0 rings (SSSR count). The van der Waals surface area contributed by atoms with Crippen LogP contribution in [0.25, 0.3) is 0 Å². The van der Waals surface area contributed by atoms with E-state index in [1.165, 1.54) is 44.9 Å². The molecule has 0 saturated carbocycles. The molecule has 0 radical (unpaired) electrons. The van der Waals surface area contributed by atoms with Crippen LogP contribution in [0.3, 0.4) is 0 Å². The zero-order chi connectivity index (χ0) is 11.0. The normalized spacial score (nSPS) is 14.4. The van der Waals surface area contributed by atoms with Gasteiger partial charge < -0.3 is 0 Å². The molecule has 0 aromatic heterocycles. The Kier molecular flexibility index (Phi) is 7.31. The second-order valence-corrected chi connectivity index (χ2v) is 6.05. The summed E-state index contributed by atoms with van der Waals surface area (Å²) in [6, 6.07) is 0. The predicted molar refractivity (Wildman–Crippen MR) is 66.6 cm³/mol. The molecular weight excluding hydrogens is 168 g/mol. The topological polar surface area (TPSA) is 0 Å². The largest absolute Gasteiger partial charge is 0.0654 e. The third-order valence-corrected chi connectivity index (χ3v) is 2.92. The molecule has 1 unspecified atom stereocenters. The van der Waals surface area contributed by atoms with Crippen LogP contribution in [0.2, 0.25) is 0 Å². The number of unbranched alkanes of at least 4 members (excludes halogenated alkanes) is 2. The van der Waals surface area contributed by atoms with Gasteiger partial charge in [0, 0.05) is 0 Å². The number of hydrogen-bond donors (Lipinski definition) is 0. The Labute approximate surface area is 91.5 Å². The molecule has 86 valence electrons. The molecule has 0 aliphatic rings. The lowest BCUT2D eigenvalue weighted by Gasteiger charge is -2.18. The summed E-state index contributed by atoms with van der Waals surface area (Å²) >= 11 is 0. The maximum atomic E-state index is 2.41. The van der Waals surface area contributed by atoms with Gasteiger partial charge in [-0.1, -0.05) is 73.1 Å². The molecule has 0 aliphatic heterocycles. The molecule has 0 aromatic rings. The zero-order valence-electron chi connectivity index (χ0n) is 11.0. The van der Waals surface area contributed by atoms with E-state index in [1.807, 2.05) is 0 Å². The molecule has 0 amide bonds. The van der Waals surface area contributed by atoms with E-state index in [1.54, 1.807) is 0 Å². The fraction of sp³-hybridized carbons (Fsp3) is 1.00. The molecule has 0 nitrogen and oxygen atoms in total. The van der Waals surface area contributed by atoms with Gasteiger partial charge >= 0.3 is 0 Å². The molecule has 1 atom stereocenters. The average Bonchev–Trinajstić information content (AvgIpc) is 2.07. The van der Waals surface area contributed by atoms with Crippen LogP contribution in [0.15, 0.2) is 0 Å². The van der Waals surface area contributed by atoms with Crippen LogP contribution < -0.4 is 0 Å². The fourth-order valence-corrected chi connectivity index (χ4v) is 1.85. The van der Waals surface area contributed by atoms with Crippen molar-refractivity contribution in [1.82, 2.24) is 0 Å². The van der Waals surface area contributed by atoms with Crippen LogP contribution in [0.5, 0.6) is 0 Å². The Balaban J connectivity index is 3.27. The van der Waals surface area contributed by atoms with E-state index < -0.39 is 0 Å². The van der Waals surface area contributed by atoms with Crippen molar-refractivity contribution in [1.29, 1.82) is 0 Å². The quantitative estimate of drug-likeness (QED) is 0.479. The molecule has 0 bridgehead atoms. The van der Waals surface area contributed by atoms with Crippen LogP contribution in [0.4, 0.5) is 0 Å². The molecular formula is C14H30. The summed E-state index contributed by atoms with van der Waals surface area (Å²) in [4.78, 5) is 0. The Hall–Kier alpha value is 0. The van der Waals surface area contributed by atoms with Crippen molar-refractivity contribution >= 4 is 0 Å². The summed E-state index contributed by atoms with van der Waals surface area (Å²) in [5.41, 5.74) is 0.534. The van der Waals surface area contributed by atoms with Crippen LogP contribution >= 0.6 is 0 Å². The van der Waals surface area contributed by atoms with Crippen molar-refractivity contribution in [2.45, 2.75) is 79.6 Å². The maximum absolute atomic E-state index is 2.41. The minimum atomic E-state index is 0.534. The Morgan fingerprint density at radius 3 is 2.00 bits per heavy atom. The van der Waals surface area contributed by atoms with Crippen LogP contribution in [-0.2, 0) is 0 Å². The van der Waals surface area contributed by atoms with Crippen LogP contribution in [0.1, 0.15) is 79.6 Å². The summed E-state index contributed by atoms with van der Waals surface area (Å²) in [6.45, 7) is 11.7. The highest BCUT2D eigenvalue weighted by atomic mass is 14.2. The van der Waals surface area contributed by atoms with E-state index in [9.17, 15) is 0 Å². The van der Waals surface area contributed by atoms with Gasteiger partial charge in [-0.25, -0.2) is 0 Å². The Morgan fingerprint density at radius 1 is 0.929 bits per heavy atom. The first-order chi connectivity index (χ1) is 6.45. The predicted octanol–water partition coefficient (Wildman–Crippen LogP) is 5.42. The number of hydrogen-bond acceptors (Lipinski definition) is 0. The lowest BCUT2D eigenvalue weighted by atomic mass is 9.88. The first kappa shape index (κ1) is 14.0. The molecule has 14 heavy (non-hydrogen) atoms.